The first-order valence-corrected chi connectivity index (χ1v) is 8.40. The van der Waals surface area contributed by atoms with Gasteiger partial charge in [-0.15, -0.1) is 0 Å². The van der Waals surface area contributed by atoms with E-state index in [1.54, 1.807) is 79.1 Å². The van der Waals surface area contributed by atoms with E-state index < -0.39 is 5.97 Å². The van der Waals surface area contributed by atoms with Gasteiger partial charge in [0.25, 0.3) is 0 Å². The van der Waals surface area contributed by atoms with E-state index in [0.29, 0.717) is 16.7 Å². The van der Waals surface area contributed by atoms with Crippen molar-refractivity contribution >= 4 is 17.7 Å². The van der Waals surface area contributed by atoms with E-state index in [2.05, 4.69) is 9.72 Å². The van der Waals surface area contributed by atoms with Crippen LogP contribution in [0.2, 0.25) is 0 Å². The fourth-order valence-corrected chi connectivity index (χ4v) is 2.27. The molecule has 0 aliphatic carbocycles. The lowest BCUT2D eigenvalue weighted by Gasteiger charge is -2.03. The second-order valence-corrected chi connectivity index (χ2v) is 5.70. The molecule has 1 heterocycles. The van der Waals surface area contributed by atoms with E-state index in [1.807, 2.05) is 0 Å². The Labute approximate surface area is 162 Å². The van der Waals surface area contributed by atoms with Gasteiger partial charge >= 0.3 is 11.9 Å². The molecule has 142 valence electrons. The highest BCUT2D eigenvalue weighted by atomic mass is 16.5. The van der Waals surface area contributed by atoms with Gasteiger partial charge in [0.1, 0.15) is 0 Å². The van der Waals surface area contributed by atoms with E-state index >= 15 is 0 Å². The Morgan fingerprint density at radius 1 is 0.857 bits per heavy atom. The number of nitrogens with zero attached hydrogens (tertiary/aromatic N) is 1. The molecule has 0 unspecified atom stereocenters. The van der Waals surface area contributed by atoms with Crippen molar-refractivity contribution in [3.8, 4) is 0 Å². The maximum absolute atomic E-state index is 12.0. The second kappa shape index (κ2) is 10.4. The van der Waals surface area contributed by atoms with E-state index in [1.165, 1.54) is 7.11 Å². The molecular weight excluding hydrogens is 358 g/mol. The highest BCUT2D eigenvalue weighted by Gasteiger charge is 2.08. The summed E-state index contributed by atoms with van der Waals surface area (Å²) in [5.41, 5.74) is 2.23. The first kappa shape index (κ1) is 20.5. The maximum Gasteiger partial charge on any atom is 0.337 e. The lowest BCUT2D eigenvalue weighted by Crippen LogP contribution is -2.05. The van der Waals surface area contributed by atoms with Gasteiger partial charge in [0.15, 0.2) is 5.78 Å². The third kappa shape index (κ3) is 6.17. The number of hydrogen-bond acceptors (Lipinski definition) is 5. The van der Waals surface area contributed by atoms with Crippen LogP contribution >= 0.6 is 0 Å². The first-order chi connectivity index (χ1) is 13.5. The standard InChI is InChI=1S/C15H13NO3.C7H6O2/c1-19-15(18)12-6-4-11(5-7-12)9-14(17)13-3-2-8-16-10-13;8-7(9)6-4-2-1-3-5-6/h2-8,10H,9H2,1H3;1-5H,(H,8,9). The van der Waals surface area contributed by atoms with E-state index in [9.17, 15) is 14.4 Å². The number of carbonyl (C=O) groups excluding carboxylic acids is 2. The Bertz CT molecular complexity index is 922. The van der Waals surface area contributed by atoms with Gasteiger partial charge in [-0.25, -0.2) is 9.59 Å². The smallest absolute Gasteiger partial charge is 0.337 e. The molecule has 6 nitrogen and oxygen atoms in total. The number of pyridine rings is 1. The SMILES string of the molecule is COC(=O)c1ccc(CC(=O)c2cccnc2)cc1.O=C(O)c1ccccc1. The zero-order chi connectivity index (χ0) is 20.4. The Morgan fingerprint density at radius 3 is 2.00 bits per heavy atom. The van der Waals surface area contributed by atoms with Crippen LogP contribution in [0.25, 0.3) is 0 Å². The largest absolute Gasteiger partial charge is 0.478 e. The summed E-state index contributed by atoms with van der Waals surface area (Å²) in [7, 11) is 1.34. The van der Waals surface area contributed by atoms with Gasteiger partial charge in [0.2, 0.25) is 0 Å². The molecule has 0 atom stereocenters. The number of aromatic nitrogens is 1. The summed E-state index contributed by atoms with van der Waals surface area (Å²) in [4.78, 5) is 37.3. The monoisotopic (exact) mass is 377 g/mol. The number of ketones is 1. The number of benzene rings is 2. The number of hydrogen-bond donors (Lipinski definition) is 1. The molecule has 0 spiro atoms. The Hall–Kier alpha value is -3.80. The summed E-state index contributed by atoms with van der Waals surface area (Å²) in [5.74, 6) is -1.26. The molecule has 1 aromatic heterocycles. The highest BCUT2D eigenvalue weighted by Crippen LogP contribution is 2.09. The molecule has 0 aliphatic rings. The van der Waals surface area contributed by atoms with E-state index in [0.717, 1.165) is 5.56 Å². The molecule has 3 rings (SSSR count). The number of Topliss-reactive ketones (excluding diaryl/α,β-unsaturated/α-hetero) is 1. The van der Waals surface area contributed by atoms with Crippen LogP contribution in [0.1, 0.15) is 36.6 Å². The first-order valence-electron chi connectivity index (χ1n) is 8.40. The van der Waals surface area contributed by atoms with Crippen LogP contribution in [0.5, 0.6) is 0 Å². The van der Waals surface area contributed by atoms with Gasteiger partial charge in [-0.3, -0.25) is 9.78 Å². The average molecular weight is 377 g/mol. The second-order valence-electron chi connectivity index (χ2n) is 5.70. The predicted octanol–water partition coefficient (Wildman–Crippen LogP) is 3.68. The number of carbonyl (C=O) groups is 3. The molecule has 0 aliphatic heterocycles. The molecule has 1 N–H and O–H groups in total. The predicted molar refractivity (Wildman–Crippen MR) is 103 cm³/mol. The molecule has 0 radical (unpaired) electrons. The van der Waals surface area contributed by atoms with Crippen LogP contribution in [0.3, 0.4) is 0 Å². The molecule has 0 saturated carbocycles. The number of esters is 1. The third-order valence-electron chi connectivity index (χ3n) is 3.74. The van der Waals surface area contributed by atoms with Crippen LogP contribution in [0.4, 0.5) is 0 Å². The molecule has 0 fully saturated rings. The molecule has 28 heavy (non-hydrogen) atoms. The number of carboxylic acid groups (broad SMARTS) is 1. The van der Waals surface area contributed by atoms with E-state index in [-0.39, 0.29) is 18.2 Å². The van der Waals surface area contributed by atoms with Crippen LogP contribution < -0.4 is 0 Å². The van der Waals surface area contributed by atoms with Crippen molar-refractivity contribution < 1.29 is 24.2 Å². The molecule has 0 saturated heterocycles. The molecular formula is C22H19NO5. The summed E-state index contributed by atoms with van der Waals surface area (Å²) >= 11 is 0. The fourth-order valence-electron chi connectivity index (χ4n) is 2.27. The van der Waals surface area contributed by atoms with Gasteiger partial charge in [0.05, 0.1) is 18.2 Å². The Morgan fingerprint density at radius 2 is 1.50 bits per heavy atom. The summed E-state index contributed by atoms with van der Waals surface area (Å²) in [6.45, 7) is 0. The van der Waals surface area contributed by atoms with Crippen molar-refractivity contribution in [2.45, 2.75) is 6.42 Å². The number of carboxylic acids is 1. The molecule has 6 heteroatoms. The van der Waals surface area contributed by atoms with Crippen molar-refractivity contribution in [2.24, 2.45) is 0 Å². The summed E-state index contributed by atoms with van der Waals surface area (Å²) in [6, 6.07) is 18.6. The molecule has 2 aromatic carbocycles. The quantitative estimate of drug-likeness (QED) is 0.538. The van der Waals surface area contributed by atoms with Gasteiger partial charge in [0, 0.05) is 24.4 Å². The normalized spacial score (nSPS) is 9.61. The van der Waals surface area contributed by atoms with Crippen molar-refractivity contribution in [3.63, 3.8) is 0 Å². The van der Waals surface area contributed by atoms with E-state index in [4.69, 9.17) is 5.11 Å². The molecule has 0 bridgehead atoms. The van der Waals surface area contributed by atoms with Crippen LogP contribution in [-0.4, -0.2) is 34.9 Å². The zero-order valence-corrected chi connectivity index (χ0v) is 15.2. The van der Waals surface area contributed by atoms with Crippen LogP contribution in [0.15, 0.2) is 79.1 Å². The number of methoxy groups -OCH3 is 1. The van der Waals surface area contributed by atoms with Crippen molar-refractivity contribution in [2.75, 3.05) is 7.11 Å². The van der Waals surface area contributed by atoms with Gasteiger partial charge in [-0.1, -0.05) is 30.3 Å². The zero-order valence-electron chi connectivity index (χ0n) is 15.2. The van der Waals surface area contributed by atoms with Crippen molar-refractivity contribution in [1.29, 1.82) is 0 Å². The minimum Gasteiger partial charge on any atom is -0.478 e. The summed E-state index contributed by atoms with van der Waals surface area (Å²) < 4.78 is 4.61. The number of ether oxygens (including phenoxy) is 1. The minimum absolute atomic E-state index is 0.00100. The van der Waals surface area contributed by atoms with Gasteiger partial charge < -0.3 is 9.84 Å². The van der Waals surface area contributed by atoms with Crippen LogP contribution in [0, 0.1) is 0 Å². The summed E-state index contributed by atoms with van der Waals surface area (Å²) in [5, 5.41) is 8.38. The Kier molecular flexibility index (Phi) is 7.60. The van der Waals surface area contributed by atoms with Crippen LogP contribution in [-0.2, 0) is 11.2 Å². The third-order valence-corrected chi connectivity index (χ3v) is 3.74. The fraction of sp³-hybridized carbons (Fsp3) is 0.0909. The van der Waals surface area contributed by atoms with Crippen molar-refractivity contribution in [1.82, 2.24) is 4.98 Å². The van der Waals surface area contributed by atoms with Gasteiger partial charge in [-0.2, -0.15) is 0 Å². The number of aromatic carboxylic acids is 1. The number of rotatable bonds is 5. The van der Waals surface area contributed by atoms with Gasteiger partial charge in [-0.05, 0) is 42.0 Å². The lowest BCUT2D eigenvalue weighted by atomic mass is 10.0. The highest BCUT2D eigenvalue weighted by molar-refractivity contribution is 5.97. The maximum atomic E-state index is 12.0. The Balaban J connectivity index is 0.000000261. The average Bonchev–Trinajstić information content (AvgIpc) is 2.75. The van der Waals surface area contributed by atoms with Crippen molar-refractivity contribution in [3.05, 3.63) is 101 Å². The lowest BCUT2D eigenvalue weighted by molar-refractivity contribution is 0.0599. The summed E-state index contributed by atoms with van der Waals surface area (Å²) in [6.07, 6.45) is 3.46. The topological polar surface area (TPSA) is 93.6 Å². The minimum atomic E-state index is -0.879. The molecule has 0 amide bonds. The molecule has 3 aromatic rings.